The number of hydrazine groups is 1. The Morgan fingerprint density at radius 2 is 1.58 bits per heavy atom. The van der Waals surface area contributed by atoms with Crippen LogP contribution in [0.1, 0.15) is 21.5 Å². The fourth-order valence-corrected chi connectivity index (χ4v) is 1.94. The van der Waals surface area contributed by atoms with E-state index in [9.17, 15) is 18.0 Å². The van der Waals surface area contributed by atoms with Crippen molar-refractivity contribution < 1.29 is 18.0 Å². The normalized spacial score (nSPS) is 10.8. The fraction of sp³-hybridized carbons (Fsp3) is 0.125. The molecule has 2 aromatic carbocycles. The highest BCUT2D eigenvalue weighted by Gasteiger charge is 2.29. The lowest BCUT2D eigenvalue weighted by Crippen LogP contribution is -2.46. The van der Waals surface area contributed by atoms with Crippen molar-refractivity contribution in [3.63, 3.8) is 0 Å². The minimum Gasteiger partial charge on any atom is -0.357 e. The molecule has 126 valence electrons. The van der Waals surface area contributed by atoms with E-state index in [0.29, 0.717) is 11.1 Å². The Morgan fingerprint density at radius 1 is 0.958 bits per heavy atom. The summed E-state index contributed by atoms with van der Waals surface area (Å²) in [6.45, 7) is 0.227. The molecule has 0 aromatic heterocycles. The van der Waals surface area contributed by atoms with Crippen LogP contribution in [0.2, 0.25) is 0 Å². The Morgan fingerprint density at radius 3 is 2.17 bits per heavy atom. The molecular weight excluding hydrogens is 339 g/mol. The van der Waals surface area contributed by atoms with Crippen LogP contribution in [0.15, 0.2) is 54.6 Å². The summed E-state index contributed by atoms with van der Waals surface area (Å²) in [4.78, 5) is 11.8. The lowest BCUT2D eigenvalue weighted by Gasteiger charge is -2.12. The van der Waals surface area contributed by atoms with E-state index < -0.39 is 11.7 Å². The maximum absolute atomic E-state index is 12.5. The van der Waals surface area contributed by atoms with Crippen LogP contribution in [0, 0.1) is 0 Å². The van der Waals surface area contributed by atoms with Crippen molar-refractivity contribution in [3.05, 3.63) is 71.3 Å². The van der Waals surface area contributed by atoms with Crippen LogP contribution in [0.5, 0.6) is 0 Å². The number of halogens is 3. The molecule has 4 nitrogen and oxygen atoms in total. The highest BCUT2D eigenvalue weighted by Crippen LogP contribution is 2.28. The molecule has 2 aromatic rings. The Hall–Kier alpha value is -2.61. The minimum absolute atomic E-state index is 0.152. The Kier molecular flexibility index (Phi) is 5.75. The van der Waals surface area contributed by atoms with E-state index in [4.69, 9.17) is 12.2 Å². The molecule has 0 heterocycles. The number of hydrogen-bond donors (Lipinski definition) is 3. The number of amides is 1. The standard InChI is InChI=1S/C16H14F3N3OS/c17-16(18,19)13-8-6-11(7-9-13)10-20-15(24)22-21-14(23)12-4-2-1-3-5-12/h1-9H,10H2,(H,21,23)(H2,20,22,24). The second kappa shape index (κ2) is 7.78. The average molecular weight is 353 g/mol. The summed E-state index contributed by atoms with van der Waals surface area (Å²) < 4.78 is 37.4. The first-order chi connectivity index (χ1) is 11.4. The van der Waals surface area contributed by atoms with Crippen LogP contribution >= 0.6 is 12.2 Å². The lowest BCUT2D eigenvalue weighted by atomic mass is 10.1. The number of thiocarbonyl (C=S) groups is 1. The summed E-state index contributed by atoms with van der Waals surface area (Å²) >= 11 is 4.99. The highest BCUT2D eigenvalue weighted by atomic mass is 32.1. The Labute approximate surface area is 142 Å². The molecule has 0 radical (unpaired) electrons. The molecule has 0 atom stereocenters. The number of hydrogen-bond acceptors (Lipinski definition) is 2. The van der Waals surface area contributed by atoms with Gasteiger partial charge in [-0.15, -0.1) is 0 Å². The van der Waals surface area contributed by atoms with Crippen LogP contribution in [-0.4, -0.2) is 11.0 Å². The van der Waals surface area contributed by atoms with Crippen LogP contribution in [0.25, 0.3) is 0 Å². The predicted octanol–water partition coefficient (Wildman–Crippen LogP) is 3.01. The monoisotopic (exact) mass is 353 g/mol. The molecule has 8 heteroatoms. The van der Waals surface area contributed by atoms with Crippen LogP contribution < -0.4 is 16.2 Å². The molecule has 0 saturated carbocycles. The fourth-order valence-electron chi connectivity index (χ4n) is 1.81. The van der Waals surface area contributed by atoms with Gasteiger partial charge in [-0.25, -0.2) is 0 Å². The minimum atomic E-state index is -4.36. The Balaban J connectivity index is 1.78. The lowest BCUT2D eigenvalue weighted by molar-refractivity contribution is -0.137. The number of alkyl halides is 3. The van der Waals surface area contributed by atoms with Gasteiger partial charge in [0.15, 0.2) is 5.11 Å². The van der Waals surface area contributed by atoms with Crippen molar-refractivity contribution >= 4 is 23.2 Å². The zero-order valence-corrected chi connectivity index (χ0v) is 13.2. The summed E-state index contributed by atoms with van der Waals surface area (Å²) in [5, 5.41) is 2.94. The summed E-state index contributed by atoms with van der Waals surface area (Å²) in [6, 6.07) is 13.3. The highest BCUT2D eigenvalue weighted by molar-refractivity contribution is 7.80. The van der Waals surface area contributed by atoms with E-state index in [2.05, 4.69) is 16.2 Å². The molecule has 2 rings (SSSR count). The van der Waals surface area contributed by atoms with Crippen LogP contribution in [-0.2, 0) is 12.7 Å². The summed E-state index contributed by atoms with van der Waals surface area (Å²) in [5.74, 6) is -0.353. The van der Waals surface area contributed by atoms with E-state index >= 15 is 0 Å². The van der Waals surface area contributed by atoms with E-state index in [1.165, 1.54) is 12.1 Å². The van der Waals surface area contributed by atoms with Crippen molar-refractivity contribution in [1.29, 1.82) is 0 Å². The zero-order valence-electron chi connectivity index (χ0n) is 12.4. The smallest absolute Gasteiger partial charge is 0.357 e. The molecule has 0 aliphatic heterocycles. The largest absolute Gasteiger partial charge is 0.416 e. The number of carbonyl (C=O) groups excluding carboxylic acids is 1. The predicted molar refractivity (Wildman–Crippen MR) is 87.9 cm³/mol. The van der Waals surface area contributed by atoms with Crippen molar-refractivity contribution in [3.8, 4) is 0 Å². The number of benzene rings is 2. The van der Waals surface area contributed by atoms with Gasteiger partial charge in [0.25, 0.3) is 5.91 Å². The number of nitrogens with one attached hydrogen (secondary N) is 3. The van der Waals surface area contributed by atoms with E-state index in [1.807, 2.05) is 0 Å². The van der Waals surface area contributed by atoms with E-state index in [1.54, 1.807) is 30.3 Å². The third-order valence-corrected chi connectivity index (χ3v) is 3.31. The van der Waals surface area contributed by atoms with E-state index in [0.717, 1.165) is 12.1 Å². The van der Waals surface area contributed by atoms with Gasteiger partial charge in [-0.2, -0.15) is 13.2 Å². The topological polar surface area (TPSA) is 53.2 Å². The maximum atomic E-state index is 12.5. The van der Waals surface area contributed by atoms with Gasteiger partial charge in [-0.3, -0.25) is 15.6 Å². The third-order valence-electron chi connectivity index (χ3n) is 3.06. The molecule has 24 heavy (non-hydrogen) atoms. The summed E-state index contributed by atoms with van der Waals surface area (Å²) in [6.07, 6.45) is -4.36. The molecule has 0 bridgehead atoms. The molecule has 0 saturated heterocycles. The van der Waals surface area contributed by atoms with Crippen molar-refractivity contribution in [2.45, 2.75) is 12.7 Å². The number of rotatable bonds is 3. The van der Waals surface area contributed by atoms with Crippen LogP contribution in [0.3, 0.4) is 0 Å². The number of carbonyl (C=O) groups is 1. The van der Waals surface area contributed by atoms with Gasteiger partial charge in [-0.1, -0.05) is 30.3 Å². The maximum Gasteiger partial charge on any atom is 0.416 e. The second-order valence-corrected chi connectivity index (χ2v) is 5.23. The molecule has 3 N–H and O–H groups in total. The molecule has 0 aliphatic rings. The first-order valence-corrected chi connectivity index (χ1v) is 7.32. The molecule has 0 unspecified atom stereocenters. The third kappa shape index (κ3) is 5.24. The van der Waals surface area contributed by atoms with Gasteiger partial charge in [-0.05, 0) is 42.0 Å². The van der Waals surface area contributed by atoms with Crippen molar-refractivity contribution in [2.75, 3.05) is 0 Å². The molecule has 0 fully saturated rings. The Bertz CT molecular complexity index is 703. The van der Waals surface area contributed by atoms with Crippen molar-refractivity contribution in [2.24, 2.45) is 0 Å². The van der Waals surface area contributed by atoms with Crippen molar-refractivity contribution in [1.82, 2.24) is 16.2 Å². The van der Waals surface area contributed by atoms with Gasteiger partial charge in [0.05, 0.1) is 5.56 Å². The van der Waals surface area contributed by atoms with Gasteiger partial charge in [0, 0.05) is 12.1 Å². The second-order valence-electron chi connectivity index (χ2n) is 4.82. The van der Waals surface area contributed by atoms with Gasteiger partial charge >= 0.3 is 6.18 Å². The van der Waals surface area contributed by atoms with E-state index in [-0.39, 0.29) is 17.6 Å². The molecule has 0 spiro atoms. The molecule has 1 amide bonds. The summed E-state index contributed by atoms with van der Waals surface area (Å²) in [7, 11) is 0. The van der Waals surface area contributed by atoms with Crippen LogP contribution in [0.4, 0.5) is 13.2 Å². The molecular formula is C16H14F3N3OS. The zero-order chi connectivity index (χ0) is 17.6. The average Bonchev–Trinajstić information content (AvgIpc) is 2.58. The van der Waals surface area contributed by atoms with Gasteiger partial charge in [0.2, 0.25) is 0 Å². The van der Waals surface area contributed by atoms with Gasteiger partial charge < -0.3 is 5.32 Å². The quantitative estimate of drug-likeness (QED) is 0.587. The first kappa shape index (κ1) is 17.7. The summed E-state index contributed by atoms with van der Waals surface area (Å²) in [5.41, 5.74) is 5.34. The van der Waals surface area contributed by atoms with Gasteiger partial charge in [0.1, 0.15) is 0 Å². The molecule has 0 aliphatic carbocycles. The SMILES string of the molecule is O=C(NNC(=S)NCc1ccc(C(F)(F)F)cc1)c1ccccc1. The first-order valence-electron chi connectivity index (χ1n) is 6.91.